The number of anilines is 1. The molecule has 1 aliphatic heterocycles. The van der Waals surface area contributed by atoms with Gasteiger partial charge in [0.1, 0.15) is 5.82 Å². The van der Waals surface area contributed by atoms with Crippen LogP contribution in [0.1, 0.15) is 17.3 Å². The van der Waals surface area contributed by atoms with Gasteiger partial charge in [-0.15, -0.1) is 0 Å². The van der Waals surface area contributed by atoms with Crippen molar-refractivity contribution in [1.82, 2.24) is 0 Å². The van der Waals surface area contributed by atoms with Crippen molar-refractivity contribution in [3.05, 3.63) is 29.6 Å². The fraction of sp³-hybridized carbons (Fsp3) is 0.364. The number of halogens is 1. The van der Waals surface area contributed by atoms with Crippen molar-refractivity contribution >= 4 is 21.7 Å². The van der Waals surface area contributed by atoms with Crippen LogP contribution in [0.4, 0.5) is 10.1 Å². The molecule has 1 aromatic carbocycles. The topological polar surface area (TPSA) is 74.7 Å². The van der Waals surface area contributed by atoms with Crippen molar-refractivity contribution in [2.24, 2.45) is 5.92 Å². The van der Waals surface area contributed by atoms with Gasteiger partial charge in [-0.1, -0.05) is 6.92 Å². The Morgan fingerprint density at radius 3 is 2.61 bits per heavy atom. The second-order valence-electron chi connectivity index (χ2n) is 4.38. The second-order valence-corrected chi connectivity index (χ2v) is 6.32. The Hall–Kier alpha value is -1.63. The summed E-state index contributed by atoms with van der Waals surface area (Å²) in [5.74, 6) is -2.32. The van der Waals surface area contributed by atoms with Crippen molar-refractivity contribution in [2.45, 2.75) is 6.92 Å². The molecule has 2 rings (SSSR count). The zero-order valence-electron chi connectivity index (χ0n) is 9.63. The van der Waals surface area contributed by atoms with Crippen LogP contribution in [0, 0.1) is 11.7 Å². The van der Waals surface area contributed by atoms with E-state index in [-0.39, 0.29) is 23.9 Å². The first-order chi connectivity index (χ1) is 8.31. The molecule has 7 heteroatoms. The lowest BCUT2D eigenvalue weighted by molar-refractivity contribution is 0.0692. The molecule has 0 saturated carbocycles. The van der Waals surface area contributed by atoms with Crippen LogP contribution in [0.3, 0.4) is 0 Å². The Bertz CT molecular complexity index is 599. The van der Waals surface area contributed by atoms with Gasteiger partial charge in [-0.3, -0.25) is 4.31 Å². The monoisotopic (exact) mass is 273 g/mol. The third kappa shape index (κ3) is 2.17. The number of carboxylic acid groups (broad SMARTS) is 1. The Balaban J connectivity index is 2.42. The molecule has 1 heterocycles. The van der Waals surface area contributed by atoms with E-state index in [2.05, 4.69) is 0 Å². The molecule has 18 heavy (non-hydrogen) atoms. The Morgan fingerprint density at radius 2 is 2.17 bits per heavy atom. The summed E-state index contributed by atoms with van der Waals surface area (Å²) in [5, 5.41) is 8.69. The van der Waals surface area contributed by atoms with Crippen LogP contribution in [0.25, 0.3) is 0 Å². The van der Waals surface area contributed by atoms with Crippen LogP contribution in [-0.2, 0) is 10.0 Å². The average molecular weight is 273 g/mol. The molecule has 0 radical (unpaired) electrons. The van der Waals surface area contributed by atoms with Gasteiger partial charge in [0, 0.05) is 6.54 Å². The predicted octanol–water partition coefficient (Wildman–Crippen LogP) is 1.31. The lowest BCUT2D eigenvalue weighted by Crippen LogP contribution is -2.25. The van der Waals surface area contributed by atoms with Gasteiger partial charge in [0.05, 0.1) is 17.0 Å². The fourth-order valence-electron chi connectivity index (χ4n) is 2.00. The van der Waals surface area contributed by atoms with Gasteiger partial charge in [-0.05, 0) is 24.1 Å². The van der Waals surface area contributed by atoms with E-state index >= 15 is 0 Å². The minimum atomic E-state index is -3.42. The van der Waals surface area contributed by atoms with Gasteiger partial charge in [0.15, 0.2) is 0 Å². The summed E-state index contributed by atoms with van der Waals surface area (Å²) in [6.45, 7) is 2.08. The molecule has 0 aliphatic carbocycles. The first-order valence-corrected chi connectivity index (χ1v) is 6.95. The quantitative estimate of drug-likeness (QED) is 0.881. The van der Waals surface area contributed by atoms with Gasteiger partial charge in [0.25, 0.3) is 0 Å². The van der Waals surface area contributed by atoms with Gasteiger partial charge in [-0.25, -0.2) is 17.6 Å². The summed E-state index contributed by atoms with van der Waals surface area (Å²) in [7, 11) is -3.42. The minimum absolute atomic E-state index is 0.0231. The first-order valence-electron chi connectivity index (χ1n) is 5.34. The van der Waals surface area contributed by atoms with E-state index in [1.807, 2.05) is 0 Å². The average Bonchev–Trinajstić information content (AvgIpc) is 2.51. The third-order valence-electron chi connectivity index (χ3n) is 2.78. The largest absolute Gasteiger partial charge is 0.478 e. The highest BCUT2D eigenvalue weighted by Crippen LogP contribution is 2.28. The summed E-state index contributed by atoms with van der Waals surface area (Å²) < 4.78 is 38.2. The number of carbonyl (C=O) groups is 1. The van der Waals surface area contributed by atoms with Crippen LogP contribution in [0.2, 0.25) is 0 Å². The predicted molar refractivity (Wildman–Crippen MR) is 63.7 cm³/mol. The molecule has 1 atom stereocenters. The van der Waals surface area contributed by atoms with Gasteiger partial charge in [-0.2, -0.15) is 0 Å². The lowest BCUT2D eigenvalue weighted by atomic mass is 10.1. The molecule has 0 bridgehead atoms. The fourth-order valence-corrected chi connectivity index (χ4v) is 3.92. The highest BCUT2D eigenvalue weighted by Gasteiger charge is 2.34. The molecule has 0 aromatic heterocycles. The summed E-state index contributed by atoms with van der Waals surface area (Å²) in [4.78, 5) is 10.7. The number of nitrogens with zero attached hydrogens (tertiary/aromatic N) is 1. The molecule has 1 aliphatic rings. The lowest BCUT2D eigenvalue weighted by Gasteiger charge is -2.17. The Kier molecular flexibility index (Phi) is 3.02. The highest BCUT2D eigenvalue weighted by molar-refractivity contribution is 7.93. The number of carboxylic acids is 1. The van der Waals surface area contributed by atoms with Crippen molar-refractivity contribution in [1.29, 1.82) is 0 Å². The standard InChI is InChI=1S/C11H12FNO4S/c1-7-5-13(18(16,17)6-7)8-2-3-9(11(14)15)10(12)4-8/h2-4,7H,5-6H2,1H3,(H,14,15). The zero-order valence-corrected chi connectivity index (χ0v) is 10.4. The second kappa shape index (κ2) is 4.24. The molecule has 1 fully saturated rings. The van der Waals surface area contributed by atoms with E-state index in [1.165, 1.54) is 6.07 Å². The number of aromatic carboxylic acids is 1. The van der Waals surface area contributed by atoms with Crippen molar-refractivity contribution in [3.8, 4) is 0 Å². The molecule has 1 aromatic rings. The van der Waals surface area contributed by atoms with E-state index in [9.17, 15) is 17.6 Å². The molecule has 0 amide bonds. The summed E-state index contributed by atoms with van der Waals surface area (Å²) in [6.07, 6.45) is 0. The molecule has 98 valence electrons. The van der Waals surface area contributed by atoms with Gasteiger partial charge in [0.2, 0.25) is 10.0 Å². The third-order valence-corrected chi connectivity index (χ3v) is 4.80. The summed E-state index contributed by atoms with van der Waals surface area (Å²) >= 11 is 0. The minimum Gasteiger partial charge on any atom is -0.478 e. The maximum atomic E-state index is 13.5. The van der Waals surface area contributed by atoms with Crippen molar-refractivity contribution in [3.63, 3.8) is 0 Å². The normalized spacial score (nSPS) is 22.1. The molecule has 1 unspecified atom stereocenters. The van der Waals surface area contributed by atoms with E-state index < -0.39 is 27.4 Å². The smallest absolute Gasteiger partial charge is 0.338 e. The molecule has 0 spiro atoms. The first kappa shape index (κ1) is 12.8. The number of sulfonamides is 1. The summed E-state index contributed by atoms with van der Waals surface area (Å²) in [5.41, 5.74) is -0.301. The van der Waals surface area contributed by atoms with E-state index in [0.717, 1.165) is 16.4 Å². The molecule has 1 N–H and O–H groups in total. The van der Waals surface area contributed by atoms with Crippen molar-refractivity contribution < 1.29 is 22.7 Å². The maximum Gasteiger partial charge on any atom is 0.338 e. The molecular weight excluding hydrogens is 261 g/mol. The Morgan fingerprint density at radius 1 is 1.50 bits per heavy atom. The van der Waals surface area contributed by atoms with E-state index in [4.69, 9.17) is 5.11 Å². The summed E-state index contributed by atoms with van der Waals surface area (Å²) in [6, 6.07) is 3.33. The number of hydrogen-bond acceptors (Lipinski definition) is 3. The zero-order chi connectivity index (χ0) is 13.5. The van der Waals surface area contributed by atoms with E-state index in [0.29, 0.717) is 0 Å². The molecular formula is C11H12FNO4S. The molecule has 1 saturated heterocycles. The van der Waals surface area contributed by atoms with Crippen LogP contribution in [0.15, 0.2) is 18.2 Å². The number of rotatable bonds is 2. The van der Waals surface area contributed by atoms with Crippen LogP contribution >= 0.6 is 0 Å². The van der Waals surface area contributed by atoms with E-state index in [1.54, 1.807) is 6.92 Å². The Labute approximate surface area is 104 Å². The van der Waals surface area contributed by atoms with Crippen LogP contribution in [0.5, 0.6) is 0 Å². The maximum absolute atomic E-state index is 13.5. The number of benzene rings is 1. The van der Waals surface area contributed by atoms with Crippen molar-refractivity contribution in [2.75, 3.05) is 16.6 Å². The SMILES string of the molecule is CC1CN(c2ccc(C(=O)O)c(F)c2)S(=O)(=O)C1. The van der Waals surface area contributed by atoms with Gasteiger partial charge < -0.3 is 5.11 Å². The molecule has 5 nitrogen and oxygen atoms in total. The van der Waals surface area contributed by atoms with Crippen LogP contribution in [-0.4, -0.2) is 31.8 Å². The van der Waals surface area contributed by atoms with Gasteiger partial charge >= 0.3 is 5.97 Å². The van der Waals surface area contributed by atoms with Crippen LogP contribution < -0.4 is 4.31 Å². The number of hydrogen-bond donors (Lipinski definition) is 1. The highest BCUT2D eigenvalue weighted by atomic mass is 32.2.